The number of rotatable bonds is 1. The molecule has 0 saturated carbocycles. The molecular weight excluding hydrogens is 186 g/mol. The van der Waals surface area contributed by atoms with E-state index >= 15 is 0 Å². The molecule has 0 aliphatic rings. The summed E-state index contributed by atoms with van der Waals surface area (Å²) in [4.78, 5) is 0. The van der Waals surface area contributed by atoms with Crippen LogP contribution in [0.5, 0.6) is 0 Å². The highest BCUT2D eigenvalue weighted by molar-refractivity contribution is 5.24. The van der Waals surface area contributed by atoms with Gasteiger partial charge < -0.3 is 0 Å². The molecular formula is C10H16F2N2. The predicted octanol–water partition coefficient (Wildman–Crippen LogP) is 3.06. The molecule has 0 aromatic carbocycles. The quantitative estimate of drug-likeness (QED) is 0.684. The van der Waals surface area contributed by atoms with E-state index in [0.717, 1.165) is 17.2 Å². The molecule has 0 atom stereocenters. The summed E-state index contributed by atoms with van der Waals surface area (Å²) in [6.07, 6.45) is 1.43. The zero-order valence-corrected chi connectivity index (χ0v) is 9.23. The van der Waals surface area contributed by atoms with Crippen molar-refractivity contribution in [3.05, 3.63) is 17.5 Å². The lowest BCUT2D eigenvalue weighted by molar-refractivity contribution is -0.0726. The molecule has 14 heavy (non-hydrogen) atoms. The number of aryl methyl sites for hydroxylation is 1. The zero-order chi connectivity index (χ0) is 11.1. The van der Waals surface area contributed by atoms with Gasteiger partial charge in [0.05, 0.1) is 5.69 Å². The van der Waals surface area contributed by atoms with Crippen LogP contribution in [-0.4, -0.2) is 9.78 Å². The van der Waals surface area contributed by atoms with Crippen molar-refractivity contribution in [2.45, 2.75) is 46.1 Å². The molecule has 1 aromatic rings. The first-order valence-corrected chi connectivity index (χ1v) is 4.57. The summed E-state index contributed by atoms with van der Waals surface area (Å²) in [5.41, 5.74) is 1.38. The van der Waals surface area contributed by atoms with Gasteiger partial charge in [0.1, 0.15) is 0 Å². The van der Waals surface area contributed by atoms with Crippen molar-refractivity contribution in [1.82, 2.24) is 9.78 Å². The van der Waals surface area contributed by atoms with Crippen LogP contribution < -0.4 is 0 Å². The fraction of sp³-hybridized carbons (Fsp3) is 0.700. The second-order valence-corrected chi connectivity index (χ2v) is 4.66. The molecule has 0 fully saturated rings. The summed E-state index contributed by atoms with van der Waals surface area (Å²) in [7, 11) is 0. The Morgan fingerprint density at radius 1 is 1.21 bits per heavy atom. The largest absolute Gasteiger partial charge is 0.340 e. The van der Waals surface area contributed by atoms with Gasteiger partial charge in [0.2, 0.25) is 0 Å². The van der Waals surface area contributed by atoms with Crippen LogP contribution in [0.25, 0.3) is 0 Å². The first-order valence-electron chi connectivity index (χ1n) is 4.57. The molecule has 0 aliphatic carbocycles. The Labute approximate surface area is 82.9 Å². The molecule has 0 saturated heterocycles. The van der Waals surface area contributed by atoms with Gasteiger partial charge in [-0.3, -0.25) is 0 Å². The number of hydrogen-bond acceptors (Lipinski definition) is 1. The molecule has 1 aromatic heterocycles. The Morgan fingerprint density at radius 3 is 1.93 bits per heavy atom. The average Bonchev–Trinajstić information content (AvgIpc) is 2.27. The van der Waals surface area contributed by atoms with Crippen LogP contribution in [-0.2, 0) is 11.5 Å². The Bertz CT molecular complexity index is 329. The predicted molar refractivity (Wildman–Crippen MR) is 51.5 cm³/mol. The van der Waals surface area contributed by atoms with Crippen molar-refractivity contribution >= 4 is 0 Å². The summed E-state index contributed by atoms with van der Waals surface area (Å²) < 4.78 is 26.6. The second kappa shape index (κ2) is 3.04. The molecule has 0 N–H and O–H groups in total. The lowest BCUT2D eigenvalue weighted by Gasteiger charge is -2.17. The van der Waals surface area contributed by atoms with Crippen LogP contribution >= 0.6 is 0 Å². The fourth-order valence-electron chi connectivity index (χ4n) is 1.40. The Hall–Kier alpha value is -0.930. The third-order valence-corrected chi connectivity index (χ3v) is 2.11. The fourth-order valence-corrected chi connectivity index (χ4v) is 1.40. The van der Waals surface area contributed by atoms with Gasteiger partial charge in [-0.15, -0.1) is 0 Å². The number of nitrogens with zero attached hydrogens (tertiary/aromatic N) is 2. The summed E-state index contributed by atoms with van der Waals surface area (Å²) in [5.74, 6) is 0. The van der Waals surface area contributed by atoms with E-state index in [1.165, 1.54) is 6.20 Å². The molecule has 0 radical (unpaired) electrons. The molecule has 2 nitrogen and oxygen atoms in total. The van der Waals surface area contributed by atoms with Crippen LogP contribution in [0.15, 0.2) is 6.20 Å². The van der Waals surface area contributed by atoms with Crippen LogP contribution in [0.2, 0.25) is 0 Å². The maximum Gasteiger partial charge on any atom is 0.340 e. The molecule has 0 spiro atoms. The van der Waals surface area contributed by atoms with Gasteiger partial charge in [-0.2, -0.15) is 13.9 Å². The van der Waals surface area contributed by atoms with Crippen molar-refractivity contribution < 1.29 is 8.78 Å². The van der Waals surface area contributed by atoms with Crippen LogP contribution in [0, 0.1) is 6.92 Å². The van der Waals surface area contributed by atoms with E-state index in [1.54, 1.807) is 6.92 Å². The SMILES string of the molecule is Cc1nn(C(C)(F)F)cc1C(C)(C)C. The summed E-state index contributed by atoms with van der Waals surface area (Å²) in [5, 5.41) is 3.82. The van der Waals surface area contributed by atoms with Gasteiger partial charge in [-0.05, 0) is 17.9 Å². The average molecular weight is 202 g/mol. The standard InChI is InChI=1S/C10H16F2N2/c1-7-8(9(2,3)4)6-14(13-7)10(5,11)12/h6H,1-5H3. The minimum atomic E-state index is -2.92. The van der Waals surface area contributed by atoms with Crippen LogP contribution in [0.1, 0.15) is 39.0 Å². The first-order chi connectivity index (χ1) is 6.12. The Kier molecular flexibility index (Phi) is 2.42. The van der Waals surface area contributed by atoms with E-state index in [9.17, 15) is 8.78 Å². The normalized spacial score (nSPS) is 13.4. The van der Waals surface area contributed by atoms with Crippen molar-refractivity contribution in [2.75, 3.05) is 0 Å². The van der Waals surface area contributed by atoms with Gasteiger partial charge in [-0.1, -0.05) is 20.8 Å². The van der Waals surface area contributed by atoms with Gasteiger partial charge in [0.15, 0.2) is 0 Å². The minimum absolute atomic E-state index is 0.145. The van der Waals surface area contributed by atoms with E-state index < -0.39 is 6.05 Å². The van der Waals surface area contributed by atoms with Crippen LogP contribution in [0.3, 0.4) is 0 Å². The van der Waals surface area contributed by atoms with E-state index in [4.69, 9.17) is 0 Å². The van der Waals surface area contributed by atoms with E-state index in [2.05, 4.69) is 5.10 Å². The Balaban J connectivity index is 3.19. The molecule has 0 amide bonds. The molecule has 1 rings (SSSR count). The van der Waals surface area contributed by atoms with Gasteiger partial charge in [-0.25, -0.2) is 4.68 Å². The van der Waals surface area contributed by atoms with Crippen molar-refractivity contribution in [2.24, 2.45) is 0 Å². The molecule has 0 unspecified atom stereocenters. The lowest BCUT2D eigenvalue weighted by Crippen LogP contribution is -2.19. The van der Waals surface area contributed by atoms with Crippen molar-refractivity contribution in [3.8, 4) is 0 Å². The maximum absolute atomic E-state index is 12.9. The number of alkyl halides is 2. The first kappa shape index (κ1) is 11.1. The minimum Gasteiger partial charge on any atom is -0.209 e. The van der Waals surface area contributed by atoms with E-state index in [1.807, 2.05) is 20.8 Å². The summed E-state index contributed by atoms with van der Waals surface area (Å²) in [6.45, 7) is 8.54. The maximum atomic E-state index is 12.9. The summed E-state index contributed by atoms with van der Waals surface area (Å²) >= 11 is 0. The van der Waals surface area contributed by atoms with E-state index in [0.29, 0.717) is 5.69 Å². The molecule has 0 aliphatic heterocycles. The topological polar surface area (TPSA) is 17.8 Å². The third-order valence-electron chi connectivity index (χ3n) is 2.11. The highest BCUT2D eigenvalue weighted by Crippen LogP contribution is 2.28. The zero-order valence-electron chi connectivity index (χ0n) is 9.23. The highest BCUT2D eigenvalue weighted by atomic mass is 19.3. The van der Waals surface area contributed by atoms with Crippen molar-refractivity contribution in [1.29, 1.82) is 0 Å². The Morgan fingerprint density at radius 2 is 1.71 bits per heavy atom. The number of hydrogen-bond donors (Lipinski definition) is 0. The number of halogens is 2. The molecule has 1 heterocycles. The summed E-state index contributed by atoms with van der Waals surface area (Å²) in [6, 6.07) is -2.92. The smallest absolute Gasteiger partial charge is 0.209 e. The molecule has 80 valence electrons. The van der Waals surface area contributed by atoms with Gasteiger partial charge >= 0.3 is 6.05 Å². The third kappa shape index (κ3) is 2.11. The molecule has 0 bridgehead atoms. The van der Waals surface area contributed by atoms with Gasteiger partial charge in [0.25, 0.3) is 0 Å². The monoisotopic (exact) mass is 202 g/mol. The second-order valence-electron chi connectivity index (χ2n) is 4.66. The van der Waals surface area contributed by atoms with E-state index in [-0.39, 0.29) is 5.41 Å². The molecule has 4 heteroatoms. The van der Waals surface area contributed by atoms with Gasteiger partial charge in [0, 0.05) is 13.1 Å². The van der Waals surface area contributed by atoms with Crippen LogP contribution in [0.4, 0.5) is 8.78 Å². The number of aromatic nitrogens is 2. The lowest BCUT2D eigenvalue weighted by atomic mass is 9.88. The highest BCUT2D eigenvalue weighted by Gasteiger charge is 2.28. The van der Waals surface area contributed by atoms with Crippen molar-refractivity contribution in [3.63, 3.8) is 0 Å².